The SMILES string of the molecule is CC1CC(CN)CN1CCC(=O)Nc1ccccc1Cl.Cl. The topological polar surface area (TPSA) is 58.4 Å². The Labute approximate surface area is 137 Å². The van der Waals surface area contributed by atoms with Gasteiger partial charge in [0.05, 0.1) is 10.7 Å². The molecule has 4 nitrogen and oxygen atoms in total. The third-order valence-corrected chi connectivity index (χ3v) is 4.23. The number of nitrogens with two attached hydrogens (primary N) is 1. The molecule has 1 heterocycles. The lowest BCUT2D eigenvalue weighted by molar-refractivity contribution is -0.116. The molecule has 118 valence electrons. The molecule has 1 aromatic carbocycles. The van der Waals surface area contributed by atoms with Crippen molar-refractivity contribution in [2.24, 2.45) is 11.7 Å². The van der Waals surface area contributed by atoms with Gasteiger partial charge in [0.1, 0.15) is 0 Å². The minimum absolute atomic E-state index is 0. The normalized spacial score (nSPS) is 21.9. The molecular formula is C15H23Cl2N3O. The van der Waals surface area contributed by atoms with E-state index < -0.39 is 0 Å². The van der Waals surface area contributed by atoms with Crippen molar-refractivity contribution in [2.75, 3.05) is 25.0 Å². The van der Waals surface area contributed by atoms with E-state index in [2.05, 4.69) is 17.1 Å². The van der Waals surface area contributed by atoms with E-state index in [9.17, 15) is 4.79 Å². The molecule has 0 aliphatic carbocycles. The van der Waals surface area contributed by atoms with Crippen molar-refractivity contribution in [2.45, 2.75) is 25.8 Å². The van der Waals surface area contributed by atoms with Crippen LogP contribution in [0.4, 0.5) is 5.69 Å². The van der Waals surface area contributed by atoms with Gasteiger partial charge < -0.3 is 11.1 Å². The summed E-state index contributed by atoms with van der Waals surface area (Å²) in [5.74, 6) is 0.568. The third-order valence-electron chi connectivity index (χ3n) is 3.90. The Morgan fingerprint density at radius 2 is 2.19 bits per heavy atom. The first kappa shape index (κ1) is 18.2. The lowest BCUT2D eigenvalue weighted by Gasteiger charge is -2.20. The average Bonchev–Trinajstić information content (AvgIpc) is 2.80. The van der Waals surface area contributed by atoms with Gasteiger partial charge in [-0.25, -0.2) is 0 Å². The second-order valence-electron chi connectivity index (χ2n) is 5.46. The first-order valence-electron chi connectivity index (χ1n) is 7.08. The van der Waals surface area contributed by atoms with Crippen molar-refractivity contribution >= 4 is 35.6 Å². The van der Waals surface area contributed by atoms with E-state index in [0.29, 0.717) is 29.1 Å². The van der Waals surface area contributed by atoms with Crippen LogP contribution in [0, 0.1) is 5.92 Å². The van der Waals surface area contributed by atoms with Crippen LogP contribution >= 0.6 is 24.0 Å². The lowest BCUT2D eigenvalue weighted by atomic mass is 10.1. The molecule has 2 unspecified atom stereocenters. The number of anilines is 1. The molecule has 2 atom stereocenters. The van der Waals surface area contributed by atoms with Gasteiger partial charge in [0, 0.05) is 25.6 Å². The van der Waals surface area contributed by atoms with E-state index in [4.69, 9.17) is 17.3 Å². The summed E-state index contributed by atoms with van der Waals surface area (Å²) in [5, 5.41) is 3.42. The fourth-order valence-corrected chi connectivity index (χ4v) is 2.90. The van der Waals surface area contributed by atoms with Gasteiger partial charge in [-0.05, 0) is 37.9 Å². The number of hydrogen-bond acceptors (Lipinski definition) is 3. The molecule has 0 bridgehead atoms. The van der Waals surface area contributed by atoms with Crippen LogP contribution in [0.5, 0.6) is 0 Å². The lowest BCUT2D eigenvalue weighted by Crippen LogP contribution is -2.31. The molecule has 0 radical (unpaired) electrons. The van der Waals surface area contributed by atoms with Crippen LogP contribution < -0.4 is 11.1 Å². The maximum absolute atomic E-state index is 12.0. The Balaban J connectivity index is 0.00000220. The zero-order valence-corrected chi connectivity index (χ0v) is 13.8. The summed E-state index contributed by atoms with van der Waals surface area (Å²) in [4.78, 5) is 14.3. The van der Waals surface area contributed by atoms with E-state index in [1.807, 2.05) is 18.2 Å². The fraction of sp³-hybridized carbons (Fsp3) is 0.533. The molecule has 1 saturated heterocycles. The maximum atomic E-state index is 12.0. The zero-order valence-electron chi connectivity index (χ0n) is 12.2. The summed E-state index contributed by atoms with van der Waals surface area (Å²) in [5.41, 5.74) is 6.39. The van der Waals surface area contributed by atoms with Crippen LogP contribution in [0.25, 0.3) is 0 Å². The molecule has 21 heavy (non-hydrogen) atoms. The number of carbonyl (C=O) groups excluding carboxylic acids is 1. The Bertz CT molecular complexity index is 470. The quantitative estimate of drug-likeness (QED) is 0.872. The van der Waals surface area contributed by atoms with Crippen LogP contribution in [0.15, 0.2) is 24.3 Å². The summed E-state index contributed by atoms with van der Waals surface area (Å²) in [6.07, 6.45) is 1.61. The number of amides is 1. The largest absolute Gasteiger partial charge is 0.330 e. The van der Waals surface area contributed by atoms with E-state index >= 15 is 0 Å². The van der Waals surface area contributed by atoms with E-state index in [0.717, 1.165) is 26.1 Å². The number of nitrogens with one attached hydrogen (secondary N) is 1. The van der Waals surface area contributed by atoms with Gasteiger partial charge in [-0.3, -0.25) is 9.69 Å². The molecule has 1 aromatic rings. The Morgan fingerprint density at radius 3 is 2.81 bits per heavy atom. The highest BCUT2D eigenvalue weighted by atomic mass is 35.5. The number of rotatable bonds is 5. The van der Waals surface area contributed by atoms with Crippen LogP contribution in [-0.4, -0.2) is 36.5 Å². The van der Waals surface area contributed by atoms with Gasteiger partial charge >= 0.3 is 0 Å². The summed E-state index contributed by atoms with van der Waals surface area (Å²) in [7, 11) is 0. The van der Waals surface area contributed by atoms with Gasteiger partial charge in [-0.15, -0.1) is 12.4 Å². The highest BCUT2D eigenvalue weighted by molar-refractivity contribution is 6.33. The highest BCUT2D eigenvalue weighted by Crippen LogP contribution is 2.23. The monoisotopic (exact) mass is 331 g/mol. The first-order chi connectivity index (χ1) is 9.60. The smallest absolute Gasteiger partial charge is 0.225 e. The van der Waals surface area contributed by atoms with Gasteiger partial charge in [0.15, 0.2) is 0 Å². The standard InChI is InChI=1S/C15H22ClN3O.ClH/c1-11-8-12(9-17)10-19(11)7-6-15(20)18-14-5-3-2-4-13(14)16;/h2-5,11-12H,6-10,17H2,1H3,(H,18,20);1H. The number of hydrogen-bond donors (Lipinski definition) is 2. The van der Waals surface area contributed by atoms with Crippen LogP contribution in [0.3, 0.4) is 0 Å². The van der Waals surface area contributed by atoms with Crippen molar-refractivity contribution in [1.29, 1.82) is 0 Å². The first-order valence-corrected chi connectivity index (χ1v) is 7.46. The molecule has 1 fully saturated rings. The van der Waals surface area contributed by atoms with Crippen molar-refractivity contribution in [1.82, 2.24) is 4.90 Å². The highest BCUT2D eigenvalue weighted by Gasteiger charge is 2.27. The fourth-order valence-electron chi connectivity index (χ4n) is 2.72. The maximum Gasteiger partial charge on any atom is 0.225 e. The molecule has 1 amide bonds. The molecule has 3 N–H and O–H groups in total. The van der Waals surface area contributed by atoms with Crippen LogP contribution in [-0.2, 0) is 4.79 Å². The molecule has 6 heteroatoms. The summed E-state index contributed by atoms with van der Waals surface area (Å²) in [6, 6.07) is 7.79. The number of halogens is 2. The van der Waals surface area contributed by atoms with Gasteiger partial charge in [-0.1, -0.05) is 23.7 Å². The predicted molar refractivity (Wildman–Crippen MR) is 90.1 cm³/mol. The molecule has 0 spiro atoms. The van der Waals surface area contributed by atoms with Crippen molar-refractivity contribution in [3.8, 4) is 0 Å². The van der Waals surface area contributed by atoms with Crippen LogP contribution in [0.1, 0.15) is 19.8 Å². The third kappa shape index (κ3) is 5.15. The number of benzene rings is 1. The van der Waals surface area contributed by atoms with Gasteiger partial charge in [-0.2, -0.15) is 0 Å². The van der Waals surface area contributed by atoms with Crippen molar-refractivity contribution in [3.05, 3.63) is 29.3 Å². The minimum Gasteiger partial charge on any atom is -0.330 e. The second kappa shape index (κ2) is 8.59. The number of nitrogens with zero attached hydrogens (tertiary/aromatic N) is 1. The number of para-hydroxylation sites is 1. The molecular weight excluding hydrogens is 309 g/mol. The van der Waals surface area contributed by atoms with Gasteiger partial charge in [0.25, 0.3) is 0 Å². The average molecular weight is 332 g/mol. The van der Waals surface area contributed by atoms with Crippen molar-refractivity contribution in [3.63, 3.8) is 0 Å². The van der Waals surface area contributed by atoms with E-state index in [1.54, 1.807) is 6.07 Å². The Kier molecular flexibility index (Phi) is 7.46. The minimum atomic E-state index is 0. The van der Waals surface area contributed by atoms with Crippen molar-refractivity contribution < 1.29 is 4.79 Å². The summed E-state index contributed by atoms with van der Waals surface area (Å²) < 4.78 is 0. The zero-order chi connectivity index (χ0) is 14.5. The molecule has 1 aliphatic heterocycles. The number of carbonyl (C=O) groups is 1. The second-order valence-corrected chi connectivity index (χ2v) is 5.87. The van der Waals surface area contributed by atoms with E-state index in [-0.39, 0.29) is 18.3 Å². The number of likely N-dealkylation sites (tertiary alicyclic amines) is 1. The van der Waals surface area contributed by atoms with Gasteiger partial charge in [0.2, 0.25) is 5.91 Å². The Morgan fingerprint density at radius 1 is 1.48 bits per heavy atom. The molecule has 0 saturated carbocycles. The molecule has 1 aliphatic rings. The van der Waals surface area contributed by atoms with E-state index in [1.165, 1.54) is 0 Å². The molecule has 0 aromatic heterocycles. The predicted octanol–water partition coefficient (Wildman–Crippen LogP) is 2.76. The summed E-state index contributed by atoms with van der Waals surface area (Å²) in [6.45, 7) is 4.69. The summed E-state index contributed by atoms with van der Waals surface area (Å²) >= 11 is 6.02. The molecule has 2 rings (SSSR count). The Hall–Kier alpha value is -0.810. The van der Waals surface area contributed by atoms with Crippen LogP contribution in [0.2, 0.25) is 5.02 Å².